The van der Waals surface area contributed by atoms with E-state index >= 15 is 0 Å². The molecular formula is C10H13NO2. The van der Waals surface area contributed by atoms with Gasteiger partial charge in [0.1, 0.15) is 0 Å². The minimum absolute atomic E-state index is 0.317. The third kappa shape index (κ3) is 2.63. The molecule has 0 aliphatic heterocycles. The second-order valence-corrected chi connectivity index (χ2v) is 3.17. The van der Waals surface area contributed by atoms with Crippen LogP contribution in [0.2, 0.25) is 0 Å². The molecule has 1 atom stereocenters. The minimum atomic E-state index is -0.430. The number of hydrogen-bond donors (Lipinski definition) is 1. The summed E-state index contributed by atoms with van der Waals surface area (Å²) in [5, 5.41) is 3.07. The van der Waals surface area contributed by atoms with Crippen LogP contribution in [0, 0.1) is 0 Å². The molecule has 0 amide bonds. The Bertz CT molecular complexity index is 289. The molecular weight excluding hydrogens is 166 g/mol. The van der Waals surface area contributed by atoms with Crippen LogP contribution in [0.15, 0.2) is 23.8 Å². The van der Waals surface area contributed by atoms with E-state index in [1.165, 1.54) is 12.2 Å². The standard InChI is InChI=1S/C10H13NO2/c1-7(11-2)5-8-3-4-9(12)10(13)6-8/h3-4,6-7,11H,5H2,1-2H3/t7-/m1/s1. The number of carbonyl (C=O) groups excluding carboxylic acids is 2. The van der Waals surface area contributed by atoms with Gasteiger partial charge in [-0.15, -0.1) is 0 Å². The van der Waals surface area contributed by atoms with Crippen LogP contribution >= 0.6 is 0 Å². The summed E-state index contributed by atoms with van der Waals surface area (Å²) in [4.78, 5) is 21.8. The maximum Gasteiger partial charge on any atom is 0.225 e. The molecule has 0 fully saturated rings. The van der Waals surface area contributed by atoms with Crippen molar-refractivity contribution in [1.82, 2.24) is 5.32 Å². The molecule has 3 heteroatoms. The van der Waals surface area contributed by atoms with Crippen LogP contribution in [0.3, 0.4) is 0 Å². The fourth-order valence-corrected chi connectivity index (χ4v) is 1.14. The molecule has 0 saturated carbocycles. The fraction of sp³-hybridized carbons (Fsp3) is 0.400. The van der Waals surface area contributed by atoms with Gasteiger partial charge in [0.05, 0.1) is 0 Å². The van der Waals surface area contributed by atoms with E-state index in [0.29, 0.717) is 6.04 Å². The summed E-state index contributed by atoms with van der Waals surface area (Å²) in [7, 11) is 1.87. The van der Waals surface area contributed by atoms with Gasteiger partial charge >= 0.3 is 0 Å². The first kappa shape index (κ1) is 9.86. The van der Waals surface area contributed by atoms with Gasteiger partial charge in [0, 0.05) is 6.04 Å². The summed E-state index contributed by atoms with van der Waals surface area (Å²) < 4.78 is 0. The quantitative estimate of drug-likeness (QED) is 0.510. The molecule has 0 radical (unpaired) electrons. The van der Waals surface area contributed by atoms with Gasteiger partial charge in [-0.05, 0) is 38.1 Å². The van der Waals surface area contributed by atoms with E-state index in [-0.39, 0.29) is 0 Å². The van der Waals surface area contributed by atoms with Gasteiger partial charge < -0.3 is 5.32 Å². The third-order valence-corrected chi connectivity index (χ3v) is 2.04. The fourth-order valence-electron chi connectivity index (χ4n) is 1.14. The first-order chi connectivity index (χ1) is 6.13. The number of carbonyl (C=O) groups is 2. The Morgan fingerprint density at radius 1 is 1.31 bits per heavy atom. The lowest BCUT2D eigenvalue weighted by atomic mass is 10.00. The van der Waals surface area contributed by atoms with E-state index in [9.17, 15) is 9.59 Å². The van der Waals surface area contributed by atoms with Crippen molar-refractivity contribution in [2.24, 2.45) is 0 Å². The largest absolute Gasteiger partial charge is 0.317 e. The normalized spacial score (nSPS) is 18.8. The second kappa shape index (κ2) is 4.14. The number of allylic oxidation sites excluding steroid dienone is 3. The predicted octanol–water partition coefficient (Wildman–Crippen LogP) is 0.619. The summed E-state index contributed by atoms with van der Waals surface area (Å²) in [5.41, 5.74) is 0.909. The Balaban J connectivity index is 2.63. The lowest BCUT2D eigenvalue weighted by molar-refractivity contribution is -0.131. The first-order valence-corrected chi connectivity index (χ1v) is 4.27. The van der Waals surface area contributed by atoms with Crippen molar-refractivity contribution in [1.29, 1.82) is 0 Å². The van der Waals surface area contributed by atoms with Crippen molar-refractivity contribution in [3.8, 4) is 0 Å². The van der Waals surface area contributed by atoms with Gasteiger partial charge in [0.2, 0.25) is 11.6 Å². The van der Waals surface area contributed by atoms with Gasteiger partial charge in [0.25, 0.3) is 0 Å². The summed E-state index contributed by atoms with van der Waals surface area (Å²) >= 11 is 0. The molecule has 1 aliphatic rings. The molecule has 0 aromatic heterocycles. The van der Waals surface area contributed by atoms with Gasteiger partial charge in [-0.3, -0.25) is 9.59 Å². The Morgan fingerprint density at radius 2 is 2.00 bits per heavy atom. The van der Waals surface area contributed by atoms with Gasteiger partial charge in [-0.2, -0.15) is 0 Å². The van der Waals surface area contributed by atoms with Crippen LogP contribution in [-0.4, -0.2) is 24.7 Å². The van der Waals surface area contributed by atoms with Gasteiger partial charge in [-0.25, -0.2) is 0 Å². The smallest absolute Gasteiger partial charge is 0.225 e. The average Bonchev–Trinajstić information content (AvgIpc) is 2.11. The molecule has 3 nitrogen and oxygen atoms in total. The zero-order valence-electron chi connectivity index (χ0n) is 7.83. The Morgan fingerprint density at radius 3 is 2.54 bits per heavy atom. The van der Waals surface area contributed by atoms with E-state index in [1.54, 1.807) is 6.08 Å². The van der Waals surface area contributed by atoms with Crippen LogP contribution in [0.1, 0.15) is 13.3 Å². The molecule has 0 heterocycles. The Hall–Kier alpha value is -1.22. The van der Waals surface area contributed by atoms with Crippen LogP contribution < -0.4 is 5.32 Å². The number of ketones is 2. The first-order valence-electron chi connectivity index (χ1n) is 4.27. The molecule has 0 saturated heterocycles. The van der Waals surface area contributed by atoms with E-state index in [4.69, 9.17) is 0 Å². The monoisotopic (exact) mass is 179 g/mol. The van der Waals surface area contributed by atoms with E-state index in [0.717, 1.165) is 12.0 Å². The van der Waals surface area contributed by atoms with Crippen LogP contribution in [0.25, 0.3) is 0 Å². The van der Waals surface area contributed by atoms with Crippen molar-refractivity contribution < 1.29 is 9.59 Å². The molecule has 13 heavy (non-hydrogen) atoms. The SMILES string of the molecule is CN[C@H](C)CC1=CC(=O)C(=O)C=C1. The number of hydrogen-bond acceptors (Lipinski definition) is 3. The summed E-state index contributed by atoms with van der Waals surface area (Å²) in [6, 6.07) is 0.317. The summed E-state index contributed by atoms with van der Waals surface area (Å²) in [5.74, 6) is -0.846. The maximum absolute atomic E-state index is 11.0. The molecule has 70 valence electrons. The molecule has 1 rings (SSSR count). The zero-order chi connectivity index (χ0) is 9.84. The molecule has 0 bridgehead atoms. The van der Waals surface area contributed by atoms with Crippen molar-refractivity contribution in [3.63, 3.8) is 0 Å². The van der Waals surface area contributed by atoms with Crippen LogP contribution in [0.4, 0.5) is 0 Å². The van der Waals surface area contributed by atoms with Crippen molar-refractivity contribution in [2.75, 3.05) is 7.05 Å². The Labute approximate surface area is 77.5 Å². The highest BCUT2D eigenvalue weighted by Gasteiger charge is 2.13. The minimum Gasteiger partial charge on any atom is -0.317 e. The molecule has 0 aromatic carbocycles. The van der Waals surface area contributed by atoms with Crippen LogP contribution in [-0.2, 0) is 9.59 Å². The molecule has 0 spiro atoms. The van der Waals surface area contributed by atoms with Crippen molar-refractivity contribution >= 4 is 11.6 Å². The summed E-state index contributed by atoms with van der Waals surface area (Å²) in [6.45, 7) is 2.02. The number of nitrogens with one attached hydrogen (secondary N) is 1. The topological polar surface area (TPSA) is 46.2 Å². The molecule has 0 aromatic rings. The third-order valence-electron chi connectivity index (χ3n) is 2.04. The lowest BCUT2D eigenvalue weighted by Gasteiger charge is -2.11. The van der Waals surface area contributed by atoms with E-state index in [1.807, 2.05) is 14.0 Å². The van der Waals surface area contributed by atoms with Crippen molar-refractivity contribution in [2.45, 2.75) is 19.4 Å². The van der Waals surface area contributed by atoms with Crippen molar-refractivity contribution in [3.05, 3.63) is 23.8 Å². The zero-order valence-corrected chi connectivity index (χ0v) is 7.83. The molecule has 0 unspecified atom stereocenters. The lowest BCUT2D eigenvalue weighted by Crippen LogP contribution is -2.22. The second-order valence-electron chi connectivity index (χ2n) is 3.17. The van der Waals surface area contributed by atoms with Gasteiger partial charge in [-0.1, -0.05) is 6.08 Å². The van der Waals surface area contributed by atoms with Crippen LogP contribution in [0.5, 0.6) is 0 Å². The predicted molar refractivity (Wildman–Crippen MR) is 50.4 cm³/mol. The molecule has 1 aliphatic carbocycles. The van der Waals surface area contributed by atoms with Gasteiger partial charge in [0.15, 0.2) is 0 Å². The average molecular weight is 179 g/mol. The number of rotatable bonds is 3. The highest BCUT2D eigenvalue weighted by Crippen LogP contribution is 2.11. The van der Waals surface area contributed by atoms with E-state index in [2.05, 4.69) is 5.32 Å². The summed E-state index contributed by atoms with van der Waals surface area (Å²) in [6.07, 6.45) is 5.22. The van der Waals surface area contributed by atoms with E-state index < -0.39 is 11.6 Å². The highest BCUT2D eigenvalue weighted by atomic mass is 16.2. The molecule has 1 N–H and O–H groups in total. The Kier molecular flexibility index (Phi) is 3.14. The highest BCUT2D eigenvalue weighted by molar-refractivity contribution is 6.46. The maximum atomic E-state index is 11.0.